The third kappa shape index (κ3) is 42.5. The van der Waals surface area contributed by atoms with E-state index in [1.165, 1.54) is 199 Å². The monoisotopic (exact) mass is 802 g/mol. The van der Waals surface area contributed by atoms with Gasteiger partial charge in [-0.25, -0.2) is 0 Å². The van der Waals surface area contributed by atoms with E-state index in [1.807, 2.05) is 6.08 Å². The largest absolute Gasteiger partial charge is 0.394 e. The fourth-order valence-electron chi connectivity index (χ4n) is 7.75. The van der Waals surface area contributed by atoms with E-state index in [0.29, 0.717) is 6.42 Å². The molecule has 0 radical (unpaired) electrons. The molecule has 0 rings (SSSR count). The summed E-state index contributed by atoms with van der Waals surface area (Å²) in [7, 11) is 0. The van der Waals surface area contributed by atoms with Gasteiger partial charge in [-0.05, 0) is 44.9 Å². The van der Waals surface area contributed by atoms with Crippen LogP contribution in [0, 0.1) is 0 Å². The molecule has 336 valence electrons. The third-order valence-electron chi connectivity index (χ3n) is 11.7. The van der Waals surface area contributed by atoms with Gasteiger partial charge in [0.05, 0.1) is 18.8 Å². The van der Waals surface area contributed by atoms with E-state index in [4.69, 9.17) is 0 Å². The zero-order chi connectivity index (χ0) is 41.5. The smallest absolute Gasteiger partial charge is 0.249 e. The maximum Gasteiger partial charge on any atom is 0.249 e. The molecule has 0 aromatic carbocycles. The van der Waals surface area contributed by atoms with Gasteiger partial charge in [-0.3, -0.25) is 4.79 Å². The van der Waals surface area contributed by atoms with E-state index in [0.717, 1.165) is 44.9 Å². The molecule has 0 aliphatic heterocycles. The second-order valence-electron chi connectivity index (χ2n) is 17.4. The van der Waals surface area contributed by atoms with Crippen molar-refractivity contribution >= 4 is 5.91 Å². The Morgan fingerprint density at radius 1 is 0.421 bits per heavy atom. The molecule has 4 N–H and O–H groups in total. The number of unbranched alkanes of at least 4 members (excludes halogenated alkanes) is 34. The Hall–Kier alpha value is -1.43. The summed E-state index contributed by atoms with van der Waals surface area (Å²) in [6.45, 7) is 4.19. The molecule has 3 unspecified atom stereocenters. The Kier molecular flexibility index (Phi) is 46.1. The molecule has 0 aliphatic carbocycles. The van der Waals surface area contributed by atoms with Crippen molar-refractivity contribution in [3.8, 4) is 0 Å². The topological polar surface area (TPSA) is 89.8 Å². The van der Waals surface area contributed by atoms with Crippen molar-refractivity contribution in [3.63, 3.8) is 0 Å². The number of nitrogens with one attached hydrogen (secondary N) is 1. The zero-order valence-corrected chi connectivity index (χ0v) is 38.2. The fraction of sp³-hybridized carbons (Fsp3) is 0.865. The van der Waals surface area contributed by atoms with Gasteiger partial charge < -0.3 is 20.6 Å². The van der Waals surface area contributed by atoms with Crippen molar-refractivity contribution in [2.24, 2.45) is 0 Å². The van der Waals surface area contributed by atoms with E-state index in [1.54, 1.807) is 6.08 Å². The van der Waals surface area contributed by atoms with Crippen molar-refractivity contribution in [2.45, 2.75) is 283 Å². The number of rotatable bonds is 46. The van der Waals surface area contributed by atoms with Gasteiger partial charge in [-0.15, -0.1) is 0 Å². The van der Waals surface area contributed by atoms with Gasteiger partial charge >= 0.3 is 0 Å². The van der Waals surface area contributed by atoms with Crippen molar-refractivity contribution in [1.82, 2.24) is 5.32 Å². The summed E-state index contributed by atoms with van der Waals surface area (Å²) in [5, 5.41) is 33.2. The summed E-state index contributed by atoms with van der Waals surface area (Å²) in [6.07, 6.45) is 60.6. The van der Waals surface area contributed by atoms with Crippen LogP contribution in [0.15, 0.2) is 36.5 Å². The zero-order valence-electron chi connectivity index (χ0n) is 38.2. The third-order valence-corrected chi connectivity index (χ3v) is 11.7. The minimum absolute atomic E-state index is 0.379. The Morgan fingerprint density at radius 2 is 0.719 bits per heavy atom. The number of amides is 1. The van der Waals surface area contributed by atoms with E-state index in [9.17, 15) is 20.1 Å². The molecule has 0 aliphatic rings. The summed E-state index contributed by atoms with van der Waals surface area (Å²) < 4.78 is 0. The second kappa shape index (κ2) is 47.3. The van der Waals surface area contributed by atoms with Gasteiger partial charge in [-0.1, -0.05) is 256 Å². The first-order chi connectivity index (χ1) is 28.1. The maximum absolute atomic E-state index is 12.5. The van der Waals surface area contributed by atoms with Crippen LogP contribution in [0.25, 0.3) is 0 Å². The highest BCUT2D eigenvalue weighted by Gasteiger charge is 2.22. The average Bonchev–Trinajstić information content (AvgIpc) is 3.22. The molecule has 0 aromatic heterocycles. The fourth-order valence-corrected chi connectivity index (χ4v) is 7.75. The highest BCUT2D eigenvalue weighted by atomic mass is 16.3. The average molecular weight is 802 g/mol. The van der Waals surface area contributed by atoms with Gasteiger partial charge in [0.2, 0.25) is 5.91 Å². The number of carbonyl (C=O) groups is 1. The summed E-state index contributed by atoms with van der Waals surface area (Å²) in [4.78, 5) is 12.5. The molecule has 5 heteroatoms. The highest BCUT2D eigenvalue weighted by molar-refractivity contribution is 5.80. The first-order valence-corrected chi connectivity index (χ1v) is 25.3. The van der Waals surface area contributed by atoms with Gasteiger partial charge in [0.25, 0.3) is 0 Å². The second-order valence-corrected chi connectivity index (χ2v) is 17.4. The minimum Gasteiger partial charge on any atom is -0.394 e. The standard InChI is InChI=1S/C52H99NO4/c1-3-5-7-9-11-13-15-17-19-21-23-25-26-27-29-31-33-35-37-39-41-43-45-47-51(56)52(57)53-49(48-54)50(55)46-44-42-40-38-36-34-32-30-28-24-22-20-18-16-14-12-10-8-6-4-2/h28,30,36,38,44,46,49-51,54-56H,3-27,29,31-35,37,39-43,45,47-48H2,1-2H3,(H,53,57)/b30-28+,38-36+,46-44+. The lowest BCUT2D eigenvalue weighted by atomic mass is 10.0. The van der Waals surface area contributed by atoms with Crippen LogP contribution in [0.2, 0.25) is 0 Å². The van der Waals surface area contributed by atoms with Crippen LogP contribution in [0.4, 0.5) is 0 Å². The lowest BCUT2D eigenvalue weighted by Gasteiger charge is -2.21. The Balaban J connectivity index is 3.65. The molecule has 57 heavy (non-hydrogen) atoms. The van der Waals surface area contributed by atoms with E-state index < -0.39 is 24.2 Å². The van der Waals surface area contributed by atoms with Gasteiger partial charge in [0.15, 0.2) is 0 Å². The van der Waals surface area contributed by atoms with Crippen LogP contribution in [0.1, 0.15) is 264 Å². The molecule has 1 amide bonds. The number of aliphatic hydroxyl groups is 3. The Labute approximate surface area is 355 Å². The van der Waals surface area contributed by atoms with Gasteiger partial charge in [-0.2, -0.15) is 0 Å². The van der Waals surface area contributed by atoms with Crippen LogP contribution in [0.3, 0.4) is 0 Å². The number of hydrogen-bond donors (Lipinski definition) is 4. The van der Waals surface area contributed by atoms with Gasteiger partial charge in [0.1, 0.15) is 6.10 Å². The molecule has 0 bridgehead atoms. The Morgan fingerprint density at radius 3 is 1.07 bits per heavy atom. The van der Waals surface area contributed by atoms with Crippen LogP contribution >= 0.6 is 0 Å². The van der Waals surface area contributed by atoms with Crippen molar-refractivity contribution < 1.29 is 20.1 Å². The Bertz CT molecular complexity index is 885. The van der Waals surface area contributed by atoms with Crippen LogP contribution in [0.5, 0.6) is 0 Å². The minimum atomic E-state index is -1.11. The number of carbonyl (C=O) groups excluding carboxylic acids is 1. The summed E-state index contributed by atoms with van der Waals surface area (Å²) in [5.41, 5.74) is 0. The molecule has 5 nitrogen and oxygen atoms in total. The van der Waals surface area contributed by atoms with E-state index in [2.05, 4.69) is 43.5 Å². The van der Waals surface area contributed by atoms with E-state index >= 15 is 0 Å². The molecule has 0 spiro atoms. The molecular formula is C52H99NO4. The van der Waals surface area contributed by atoms with Crippen molar-refractivity contribution in [3.05, 3.63) is 36.5 Å². The van der Waals surface area contributed by atoms with E-state index in [-0.39, 0.29) is 6.61 Å². The summed E-state index contributed by atoms with van der Waals surface area (Å²) in [5.74, 6) is -0.513. The molecule has 0 saturated heterocycles. The van der Waals surface area contributed by atoms with Crippen molar-refractivity contribution in [1.29, 1.82) is 0 Å². The number of hydrogen-bond acceptors (Lipinski definition) is 4. The number of aliphatic hydroxyl groups excluding tert-OH is 3. The predicted octanol–water partition coefficient (Wildman–Crippen LogP) is 15.1. The van der Waals surface area contributed by atoms with Crippen LogP contribution in [-0.2, 0) is 4.79 Å². The molecule has 0 aromatic rings. The molecule has 0 saturated carbocycles. The molecule has 0 fully saturated rings. The quantitative estimate of drug-likeness (QED) is 0.0365. The van der Waals surface area contributed by atoms with Crippen molar-refractivity contribution in [2.75, 3.05) is 6.61 Å². The molecule has 0 heterocycles. The molecular weight excluding hydrogens is 703 g/mol. The first kappa shape index (κ1) is 55.6. The SMILES string of the molecule is CCCCCCCCCCCC/C=C/CC/C=C/CC/C=C/C(O)C(CO)NC(=O)C(O)CCCCCCCCCCCCCCCCCCCCCCCCC. The van der Waals surface area contributed by atoms with Crippen LogP contribution in [-0.4, -0.2) is 46.1 Å². The predicted molar refractivity (Wildman–Crippen MR) is 250 cm³/mol. The normalized spacial score (nSPS) is 13.7. The summed E-state index contributed by atoms with van der Waals surface area (Å²) >= 11 is 0. The molecule has 3 atom stereocenters. The lowest BCUT2D eigenvalue weighted by Crippen LogP contribution is -2.48. The van der Waals surface area contributed by atoms with Gasteiger partial charge in [0, 0.05) is 0 Å². The van der Waals surface area contributed by atoms with Crippen LogP contribution < -0.4 is 5.32 Å². The summed E-state index contributed by atoms with van der Waals surface area (Å²) in [6, 6.07) is -0.819. The first-order valence-electron chi connectivity index (χ1n) is 25.3. The number of allylic oxidation sites excluding steroid dienone is 5. The highest BCUT2D eigenvalue weighted by Crippen LogP contribution is 2.17. The lowest BCUT2D eigenvalue weighted by molar-refractivity contribution is -0.131. The maximum atomic E-state index is 12.5.